The molecule has 7 heteroatoms. The molecule has 122 valence electrons. The maximum absolute atomic E-state index is 6.14. The Morgan fingerprint density at radius 1 is 1.35 bits per heavy atom. The molecule has 1 unspecified atom stereocenters. The largest absolute Gasteiger partial charge is 0.384 e. The van der Waals surface area contributed by atoms with Gasteiger partial charge in [-0.25, -0.2) is 4.98 Å². The molecule has 4 N–H and O–H groups in total. The van der Waals surface area contributed by atoms with Crippen molar-refractivity contribution >= 4 is 11.5 Å². The van der Waals surface area contributed by atoms with Gasteiger partial charge in [0.05, 0.1) is 23.1 Å². The van der Waals surface area contributed by atoms with Crippen molar-refractivity contribution in [2.75, 3.05) is 18.8 Å². The summed E-state index contributed by atoms with van der Waals surface area (Å²) >= 11 is 0. The molecule has 23 heavy (non-hydrogen) atoms. The van der Waals surface area contributed by atoms with E-state index in [1.165, 1.54) is 6.42 Å². The van der Waals surface area contributed by atoms with Crippen LogP contribution in [0.1, 0.15) is 38.3 Å². The Hall–Kier alpha value is -2.41. The number of aromatic amines is 1. The number of anilines is 1. The number of H-pyrrole nitrogens is 1. The van der Waals surface area contributed by atoms with E-state index in [-0.39, 0.29) is 0 Å². The lowest BCUT2D eigenvalue weighted by atomic mass is 9.96. The summed E-state index contributed by atoms with van der Waals surface area (Å²) in [6, 6.07) is 3.85. The van der Waals surface area contributed by atoms with Gasteiger partial charge in [0.1, 0.15) is 5.82 Å². The van der Waals surface area contributed by atoms with Gasteiger partial charge in [-0.05, 0) is 25.5 Å². The Morgan fingerprint density at radius 2 is 2.22 bits per heavy atom. The highest BCUT2D eigenvalue weighted by molar-refractivity contribution is 5.75. The lowest BCUT2D eigenvalue weighted by molar-refractivity contribution is 0.455. The van der Waals surface area contributed by atoms with Crippen molar-refractivity contribution in [2.24, 2.45) is 0 Å². The van der Waals surface area contributed by atoms with E-state index in [0.29, 0.717) is 11.7 Å². The summed E-state index contributed by atoms with van der Waals surface area (Å²) in [5.41, 5.74) is 9.78. The van der Waals surface area contributed by atoms with Gasteiger partial charge in [0, 0.05) is 24.7 Å². The minimum absolute atomic E-state index is 0.413. The van der Waals surface area contributed by atoms with Gasteiger partial charge < -0.3 is 11.1 Å². The molecule has 3 aromatic heterocycles. The highest BCUT2D eigenvalue weighted by Gasteiger charge is 2.20. The monoisotopic (exact) mass is 313 g/mol. The molecule has 0 amide bonds. The Labute approximate surface area is 135 Å². The molecular weight excluding hydrogens is 290 g/mol. The van der Waals surface area contributed by atoms with Gasteiger partial charge in [0.2, 0.25) is 0 Å². The SMILES string of the molecule is CC.Nc1cc(C2CCCNC2)nc2c(-c3ccn[nH]3)cnn12. The van der Waals surface area contributed by atoms with Crippen LogP contribution in [0.25, 0.3) is 16.9 Å². The zero-order valence-electron chi connectivity index (χ0n) is 13.6. The van der Waals surface area contributed by atoms with Gasteiger partial charge in [-0.15, -0.1) is 0 Å². The van der Waals surface area contributed by atoms with Crippen molar-refractivity contribution in [3.05, 3.63) is 30.2 Å². The number of hydrogen-bond acceptors (Lipinski definition) is 5. The predicted octanol–water partition coefficient (Wildman–Crippen LogP) is 2.19. The van der Waals surface area contributed by atoms with Gasteiger partial charge >= 0.3 is 0 Å². The van der Waals surface area contributed by atoms with E-state index in [1.54, 1.807) is 16.9 Å². The molecule has 1 saturated heterocycles. The highest BCUT2D eigenvalue weighted by Crippen LogP contribution is 2.27. The Kier molecular flexibility index (Phi) is 4.57. The number of nitrogens with zero attached hydrogens (tertiary/aromatic N) is 4. The minimum Gasteiger partial charge on any atom is -0.384 e. The third-order valence-corrected chi connectivity index (χ3v) is 4.03. The first-order valence-electron chi connectivity index (χ1n) is 8.17. The maximum Gasteiger partial charge on any atom is 0.167 e. The molecule has 0 spiro atoms. The van der Waals surface area contributed by atoms with Crippen molar-refractivity contribution in [1.29, 1.82) is 0 Å². The number of piperidine rings is 1. The normalized spacial score (nSPS) is 17.7. The summed E-state index contributed by atoms with van der Waals surface area (Å²) < 4.78 is 1.68. The fraction of sp³-hybridized carbons (Fsp3) is 0.438. The molecule has 0 radical (unpaired) electrons. The summed E-state index contributed by atoms with van der Waals surface area (Å²) in [5, 5.41) is 14.7. The van der Waals surface area contributed by atoms with Gasteiger partial charge in [0.25, 0.3) is 0 Å². The average molecular weight is 313 g/mol. The van der Waals surface area contributed by atoms with Crippen molar-refractivity contribution < 1.29 is 0 Å². The molecule has 0 bridgehead atoms. The van der Waals surface area contributed by atoms with Gasteiger partial charge in [-0.2, -0.15) is 14.7 Å². The molecule has 4 heterocycles. The average Bonchev–Trinajstić information content (AvgIpc) is 3.26. The zero-order valence-corrected chi connectivity index (χ0v) is 13.6. The lowest BCUT2D eigenvalue weighted by Crippen LogP contribution is -2.29. The standard InChI is InChI=1S/C14H17N7.C2H6/c15-13-6-12(9-2-1-4-16-7-9)19-14-10(8-18-21(13)14)11-3-5-17-20-11;1-2/h3,5-6,8-9,16H,1-2,4,7,15H2,(H,17,20);1-2H3. The van der Waals surface area contributed by atoms with Crippen molar-refractivity contribution in [3.8, 4) is 11.3 Å². The Bertz CT molecular complexity index is 754. The van der Waals surface area contributed by atoms with Gasteiger partial charge in [0.15, 0.2) is 5.65 Å². The quantitative estimate of drug-likeness (QED) is 0.674. The number of fused-ring (bicyclic) bond motifs is 1. The predicted molar refractivity (Wildman–Crippen MR) is 91.2 cm³/mol. The summed E-state index contributed by atoms with van der Waals surface area (Å²) in [6.07, 6.45) is 5.81. The number of nitrogens with one attached hydrogen (secondary N) is 2. The molecule has 0 aromatic carbocycles. The topological polar surface area (TPSA) is 96.9 Å². The van der Waals surface area contributed by atoms with Crippen LogP contribution in [0.5, 0.6) is 0 Å². The fourth-order valence-electron chi connectivity index (χ4n) is 2.92. The molecule has 1 fully saturated rings. The Morgan fingerprint density at radius 3 is 2.91 bits per heavy atom. The second-order valence-electron chi connectivity index (χ2n) is 5.41. The second-order valence-corrected chi connectivity index (χ2v) is 5.41. The third-order valence-electron chi connectivity index (χ3n) is 4.03. The van der Waals surface area contributed by atoms with Crippen LogP contribution in [0.15, 0.2) is 24.5 Å². The van der Waals surface area contributed by atoms with E-state index in [2.05, 4.69) is 20.6 Å². The van der Waals surface area contributed by atoms with Crippen LogP contribution < -0.4 is 11.1 Å². The van der Waals surface area contributed by atoms with Crippen LogP contribution in [0.4, 0.5) is 5.82 Å². The van der Waals surface area contributed by atoms with Crippen LogP contribution >= 0.6 is 0 Å². The summed E-state index contributed by atoms with van der Waals surface area (Å²) in [5.74, 6) is 1.03. The first kappa shape index (κ1) is 15.5. The number of nitrogens with two attached hydrogens (primary N) is 1. The van der Waals surface area contributed by atoms with Crippen molar-refractivity contribution in [3.63, 3.8) is 0 Å². The Balaban J connectivity index is 0.000000753. The minimum atomic E-state index is 0.413. The third kappa shape index (κ3) is 2.92. The molecule has 1 aliphatic rings. The molecule has 0 saturated carbocycles. The summed E-state index contributed by atoms with van der Waals surface area (Å²) in [4.78, 5) is 4.81. The number of hydrogen-bond donors (Lipinski definition) is 3. The van der Waals surface area contributed by atoms with E-state index < -0.39 is 0 Å². The van der Waals surface area contributed by atoms with E-state index in [4.69, 9.17) is 10.7 Å². The van der Waals surface area contributed by atoms with Gasteiger partial charge in [-0.1, -0.05) is 13.8 Å². The smallest absolute Gasteiger partial charge is 0.167 e. The van der Waals surface area contributed by atoms with Crippen LogP contribution in [0.2, 0.25) is 0 Å². The molecule has 1 atom stereocenters. The number of aromatic nitrogens is 5. The molecule has 0 aliphatic carbocycles. The highest BCUT2D eigenvalue weighted by atomic mass is 15.3. The molecular formula is C16H23N7. The van der Waals surface area contributed by atoms with E-state index in [0.717, 1.165) is 42.1 Å². The molecule has 3 aromatic rings. The van der Waals surface area contributed by atoms with E-state index >= 15 is 0 Å². The molecule has 7 nitrogen and oxygen atoms in total. The number of rotatable bonds is 2. The van der Waals surface area contributed by atoms with Crippen LogP contribution in [-0.4, -0.2) is 37.9 Å². The van der Waals surface area contributed by atoms with Gasteiger partial charge in [-0.3, -0.25) is 5.10 Å². The first-order chi connectivity index (χ1) is 11.3. The first-order valence-corrected chi connectivity index (χ1v) is 8.17. The van der Waals surface area contributed by atoms with Crippen LogP contribution in [0.3, 0.4) is 0 Å². The van der Waals surface area contributed by atoms with E-state index in [1.807, 2.05) is 26.0 Å². The maximum atomic E-state index is 6.14. The molecule has 1 aliphatic heterocycles. The van der Waals surface area contributed by atoms with E-state index in [9.17, 15) is 0 Å². The number of nitrogen functional groups attached to an aromatic ring is 1. The second kappa shape index (κ2) is 6.78. The zero-order chi connectivity index (χ0) is 16.2. The fourth-order valence-corrected chi connectivity index (χ4v) is 2.92. The summed E-state index contributed by atoms with van der Waals surface area (Å²) in [7, 11) is 0. The van der Waals surface area contributed by atoms with Crippen molar-refractivity contribution in [1.82, 2.24) is 30.1 Å². The molecule has 4 rings (SSSR count). The lowest BCUT2D eigenvalue weighted by Gasteiger charge is -2.22. The van der Waals surface area contributed by atoms with Crippen LogP contribution in [0, 0.1) is 0 Å². The van der Waals surface area contributed by atoms with Crippen molar-refractivity contribution in [2.45, 2.75) is 32.6 Å². The summed E-state index contributed by atoms with van der Waals surface area (Å²) in [6.45, 7) is 6.04. The van der Waals surface area contributed by atoms with Crippen LogP contribution in [-0.2, 0) is 0 Å².